The Morgan fingerprint density at radius 1 is 1.40 bits per heavy atom. The second kappa shape index (κ2) is 10.0. The average Bonchev–Trinajstić information content (AvgIpc) is 3.56. The highest BCUT2D eigenvalue weighted by atomic mass is 35.5. The van der Waals surface area contributed by atoms with Crippen LogP contribution in [0.4, 0.5) is 5.13 Å². The number of ether oxygens (including phenoxy) is 2. The molecule has 0 aliphatic carbocycles. The summed E-state index contributed by atoms with van der Waals surface area (Å²) in [6, 6.07) is 1.66. The van der Waals surface area contributed by atoms with E-state index in [1.807, 2.05) is 11.0 Å². The minimum atomic E-state index is -0.509. The number of thiazole rings is 1. The molecule has 35 heavy (non-hydrogen) atoms. The number of carbonyl (C=O) groups excluding carboxylic acids is 2. The molecule has 0 saturated carbocycles. The Balaban J connectivity index is 1.54. The van der Waals surface area contributed by atoms with Crippen LogP contribution in [0.5, 0.6) is 0 Å². The maximum Gasteiger partial charge on any atom is 0.350 e. The van der Waals surface area contributed by atoms with Crippen LogP contribution in [0.15, 0.2) is 6.33 Å². The predicted molar refractivity (Wildman–Crippen MR) is 128 cm³/mol. The number of nitrogens with one attached hydrogen (secondary N) is 2. The van der Waals surface area contributed by atoms with Crippen LogP contribution >= 0.6 is 22.9 Å². The second-order valence-corrected chi connectivity index (χ2v) is 9.24. The monoisotopic (exact) mass is 518 g/mol. The number of halogens is 1. The first-order chi connectivity index (χ1) is 16.8. The van der Waals surface area contributed by atoms with Gasteiger partial charge in [0.25, 0.3) is 5.91 Å². The summed E-state index contributed by atoms with van der Waals surface area (Å²) in [5.41, 5.74) is 1.19. The van der Waals surface area contributed by atoms with E-state index in [4.69, 9.17) is 21.1 Å². The molecule has 4 rings (SSSR count). The van der Waals surface area contributed by atoms with Gasteiger partial charge in [-0.25, -0.2) is 19.4 Å². The molecule has 0 radical (unpaired) electrons. The number of methoxy groups -OCH3 is 2. The summed E-state index contributed by atoms with van der Waals surface area (Å²) < 4.78 is 12.2. The Hall–Kier alpha value is -3.47. The van der Waals surface area contributed by atoms with Gasteiger partial charge in [0.2, 0.25) is 0 Å². The number of carbonyl (C=O) groups is 2. The van der Waals surface area contributed by atoms with E-state index >= 15 is 0 Å². The number of nitrogens with zero attached hydrogens (tertiary/aromatic N) is 6. The minimum Gasteiger partial charge on any atom is -0.465 e. The Morgan fingerprint density at radius 3 is 2.80 bits per heavy atom. The normalized spacial score (nSPS) is 17.8. The zero-order chi connectivity index (χ0) is 25.3. The fourth-order valence-corrected chi connectivity index (χ4v) is 5.15. The topological polar surface area (TPSA) is 151 Å². The molecule has 0 unspecified atom stereocenters. The number of hydrogen-bond donors (Lipinski definition) is 2. The summed E-state index contributed by atoms with van der Waals surface area (Å²) in [7, 11) is 4.60. The molecule has 3 aromatic rings. The number of aromatic amines is 1. The molecule has 1 aliphatic heterocycles. The maximum atomic E-state index is 12.9. The first-order valence-corrected chi connectivity index (χ1v) is 11.8. The Labute approximate surface area is 209 Å². The van der Waals surface area contributed by atoms with Crippen LogP contribution in [-0.2, 0) is 16.5 Å². The summed E-state index contributed by atoms with van der Waals surface area (Å²) in [4.78, 5) is 39.4. The summed E-state index contributed by atoms with van der Waals surface area (Å²) in [5, 5.41) is 17.2. The number of esters is 1. The van der Waals surface area contributed by atoms with Crippen LogP contribution in [0.1, 0.15) is 37.8 Å². The Kier molecular flexibility index (Phi) is 7.06. The van der Waals surface area contributed by atoms with E-state index in [0.29, 0.717) is 46.7 Å². The van der Waals surface area contributed by atoms with E-state index in [1.165, 1.54) is 29.5 Å². The van der Waals surface area contributed by atoms with Gasteiger partial charge in [0.1, 0.15) is 34.2 Å². The molecule has 0 spiro atoms. The molecule has 14 heteroatoms. The molecular formula is C21H23ClN8O4S. The van der Waals surface area contributed by atoms with Gasteiger partial charge in [-0.3, -0.25) is 4.79 Å². The lowest BCUT2D eigenvalue weighted by Gasteiger charge is -2.37. The lowest BCUT2D eigenvalue weighted by Crippen LogP contribution is -2.55. The molecule has 2 atom stereocenters. The molecule has 0 aromatic carbocycles. The van der Waals surface area contributed by atoms with E-state index in [-0.39, 0.29) is 28.4 Å². The van der Waals surface area contributed by atoms with Crippen molar-refractivity contribution in [2.75, 3.05) is 32.2 Å². The molecule has 184 valence electrons. The standard InChI is InChI=1S/C21H23ClN8O4S/c1-10-14(22)11(7-23)15(26-10)19(31)27-12-5-6-30(8-13(12)33-3)21-28-16(17(35-21)20(32)34-4)18-24-9-25-29(18)2/h9,12-13,26H,5-6,8H2,1-4H3,(H,27,31)/t12-,13+/m1/s1. The van der Waals surface area contributed by atoms with Crippen molar-refractivity contribution in [1.29, 1.82) is 5.26 Å². The van der Waals surface area contributed by atoms with Gasteiger partial charge in [-0.05, 0) is 13.3 Å². The van der Waals surface area contributed by atoms with E-state index in [0.717, 1.165) is 0 Å². The highest BCUT2D eigenvalue weighted by molar-refractivity contribution is 7.17. The molecule has 1 aliphatic rings. The fourth-order valence-electron chi connectivity index (χ4n) is 3.95. The number of amides is 1. The third kappa shape index (κ3) is 4.60. The first kappa shape index (κ1) is 24.6. The minimum absolute atomic E-state index is 0.113. The molecule has 2 N–H and O–H groups in total. The van der Waals surface area contributed by atoms with E-state index < -0.39 is 11.9 Å². The van der Waals surface area contributed by atoms with Gasteiger partial charge in [-0.2, -0.15) is 10.4 Å². The van der Waals surface area contributed by atoms with Crippen molar-refractivity contribution in [3.8, 4) is 17.6 Å². The van der Waals surface area contributed by atoms with Crippen molar-refractivity contribution in [2.45, 2.75) is 25.5 Å². The molecule has 3 aromatic heterocycles. The molecule has 1 saturated heterocycles. The molecule has 4 heterocycles. The number of aryl methyl sites for hydroxylation is 2. The van der Waals surface area contributed by atoms with Crippen LogP contribution in [0.3, 0.4) is 0 Å². The molecule has 1 amide bonds. The van der Waals surface area contributed by atoms with Crippen LogP contribution < -0.4 is 10.2 Å². The average molecular weight is 519 g/mol. The predicted octanol–water partition coefficient (Wildman–Crippen LogP) is 1.91. The smallest absolute Gasteiger partial charge is 0.350 e. The first-order valence-electron chi connectivity index (χ1n) is 10.6. The van der Waals surface area contributed by atoms with Crippen molar-refractivity contribution < 1.29 is 19.1 Å². The molecular weight excluding hydrogens is 496 g/mol. The highest BCUT2D eigenvalue weighted by Crippen LogP contribution is 2.34. The zero-order valence-electron chi connectivity index (χ0n) is 19.5. The van der Waals surface area contributed by atoms with E-state index in [9.17, 15) is 14.9 Å². The van der Waals surface area contributed by atoms with Gasteiger partial charge < -0.3 is 24.7 Å². The van der Waals surface area contributed by atoms with Crippen molar-refractivity contribution in [2.24, 2.45) is 7.05 Å². The van der Waals surface area contributed by atoms with Crippen molar-refractivity contribution in [3.63, 3.8) is 0 Å². The van der Waals surface area contributed by atoms with Gasteiger partial charge in [-0.15, -0.1) is 0 Å². The Bertz CT molecular complexity index is 1310. The number of H-pyrrole nitrogens is 1. The Morgan fingerprint density at radius 2 is 2.17 bits per heavy atom. The number of piperidine rings is 1. The largest absolute Gasteiger partial charge is 0.465 e. The summed E-state index contributed by atoms with van der Waals surface area (Å²) >= 11 is 7.32. The van der Waals surface area contributed by atoms with Crippen LogP contribution in [0.2, 0.25) is 5.02 Å². The van der Waals surface area contributed by atoms with Crippen LogP contribution in [0.25, 0.3) is 11.5 Å². The number of hydrogen-bond acceptors (Lipinski definition) is 10. The van der Waals surface area contributed by atoms with Gasteiger partial charge in [0.15, 0.2) is 11.0 Å². The van der Waals surface area contributed by atoms with Gasteiger partial charge >= 0.3 is 5.97 Å². The highest BCUT2D eigenvalue weighted by Gasteiger charge is 2.34. The lowest BCUT2D eigenvalue weighted by atomic mass is 10.0. The molecule has 1 fully saturated rings. The zero-order valence-corrected chi connectivity index (χ0v) is 21.0. The number of anilines is 1. The fraction of sp³-hybridized carbons (Fsp3) is 0.429. The van der Waals surface area contributed by atoms with Crippen molar-refractivity contribution in [3.05, 3.63) is 33.2 Å². The van der Waals surface area contributed by atoms with Crippen LogP contribution in [0, 0.1) is 18.3 Å². The van der Waals surface area contributed by atoms with Crippen molar-refractivity contribution >= 4 is 39.9 Å². The SMILES string of the molecule is COC(=O)c1sc(N2CC[C@@H](NC(=O)c3[nH]c(C)c(Cl)c3C#N)[C@@H](OC)C2)nc1-c1ncnn1C. The summed E-state index contributed by atoms with van der Waals surface area (Å²) in [6.07, 6.45) is 1.57. The molecule has 0 bridgehead atoms. The maximum absolute atomic E-state index is 12.9. The third-order valence-electron chi connectivity index (χ3n) is 5.81. The van der Waals surface area contributed by atoms with Crippen molar-refractivity contribution in [1.82, 2.24) is 30.0 Å². The van der Waals surface area contributed by atoms with Crippen LogP contribution in [-0.4, -0.2) is 76.1 Å². The number of nitriles is 1. The lowest BCUT2D eigenvalue weighted by molar-refractivity contribution is 0.0540. The van der Waals surface area contributed by atoms with Gasteiger partial charge in [-0.1, -0.05) is 22.9 Å². The summed E-state index contributed by atoms with van der Waals surface area (Å²) in [5.74, 6) is -0.485. The molecule has 12 nitrogen and oxygen atoms in total. The third-order valence-corrected chi connectivity index (χ3v) is 7.38. The van der Waals surface area contributed by atoms with E-state index in [2.05, 4.69) is 25.4 Å². The second-order valence-electron chi connectivity index (χ2n) is 7.89. The number of aromatic nitrogens is 5. The number of rotatable bonds is 6. The summed E-state index contributed by atoms with van der Waals surface area (Å²) in [6.45, 7) is 2.67. The van der Waals surface area contributed by atoms with E-state index in [1.54, 1.807) is 21.1 Å². The van der Waals surface area contributed by atoms with Gasteiger partial charge in [0, 0.05) is 32.9 Å². The van der Waals surface area contributed by atoms with Gasteiger partial charge in [0.05, 0.1) is 24.3 Å². The quantitative estimate of drug-likeness (QED) is 0.466.